The SMILES string of the molecule is CC(C)(C)c1cccc(C=O)c1.CNc1cc(F)cc(Nc2ncccc2-c2ncnc3[nH]ccc23)c1. The van der Waals surface area contributed by atoms with Gasteiger partial charge in [-0.3, -0.25) is 4.79 Å². The van der Waals surface area contributed by atoms with Gasteiger partial charge in [0.25, 0.3) is 0 Å². The Morgan fingerprint density at radius 3 is 2.51 bits per heavy atom. The van der Waals surface area contributed by atoms with Crippen molar-refractivity contribution in [3.05, 3.63) is 96.3 Å². The molecule has 0 spiro atoms. The molecule has 0 amide bonds. The van der Waals surface area contributed by atoms with Crippen LogP contribution in [-0.2, 0) is 5.41 Å². The maximum Gasteiger partial charge on any atom is 0.150 e. The maximum atomic E-state index is 13.8. The zero-order valence-electron chi connectivity index (χ0n) is 21.2. The monoisotopic (exact) mass is 496 g/mol. The minimum atomic E-state index is -0.332. The molecular weight excluding hydrogens is 467 g/mol. The lowest BCUT2D eigenvalue weighted by atomic mass is 9.86. The summed E-state index contributed by atoms with van der Waals surface area (Å²) in [4.78, 5) is 26.6. The molecule has 5 aromatic rings. The Bertz CT molecular complexity index is 1520. The van der Waals surface area contributed by atoms with Crippen molar-refractivity contribution in [1.82, 2.24) is 19.9 Å². The summed E-state index contributed by atoms with van der Waals surface area (Å²) in [6, 6.07) is 18.1. The Morgan fingerprint density at radius 1 is 0.946 bits per heavy atom. The number of carbonyl (C=O) groups is 1. The number of hydrogen-bond donors (Lipinski definition) is 3. The van der Waals surface area contributed by atoms with Crippen LogP contribution in [0.4, 0.5) is 21.6 Å². The average molecular weight is 497 g/mol. The highest BCUT2D eigenvalue weighted by Crippen LogP contribution is 2.32. The fourth-order valence-electron chi connectivity index (χ4n) is 3.80. The number of anilines is 3. The molecule has 7 nitrogen and oxygen atoms in total. The molecule has 0 aliphatic rings. The summed E-state index contributed by atoms with van der Waals surface area (Å²) >= 11 is 0. The molecule has 3 N–H and O–H groups in total. The Hall–Kier alpha value is -4.59. The molecule has 5 rings (SSSR count). The second-order valence-electron chi connectivity index (χ2n) is 9.46. The van der Waals surface area contributed by atoms with Crippen molar-refractivity contribution in [2.45, 2.75) is 26.2 Å². The van der Waals surface area contributed by atoms with Gasteiger partial charge in [-0.2, -0.15) is 0 Å². The molecule has 3 heterocycles. The van der Waals surface area contributed by atoms with Gasteiger partial charge in [0.2, 0.25) is 0 Å². The second kappa shape index (κ2) is 11.0. The van der Waals surface area contributed by atoms with Gasteiger partial charge in [-0.15, -0.1) is 0 Å². The first-order chi connectivity index (χ1) is 17.8. The molecule has 0 bridgehead atoms. The van der Waals surface area contributed by atoms with E-state index in [4.69, 9.17) is 0 Å². The minimum Gasteiger partial charge on any atom is -0.388 e. The summed E-state index contributed by atoms with van der Waals surface area (Å²) in [7, 11) is 1.74. The van der Waals surface area contributed by atoms with E-state index in [0.29, 0.717) is 17.2 Å². The largest absolute Gasteiger partial charge is 0.388 e. The predicted molar refractivity (Wildman–Crippen MR) is 147 cm³/mol. The van der Waals surface area contributed by atoms with Crippen LogP contribution in [0.1, 0.15) is 36.7 Å². The van der Waals surface area contributed by atoms with Gasteiger partial charge in [0.1, 0.15) is 29.9 Å². The molecule has 0 radical (unpaired) electrons. The predicted octanol–water partition coefficient (Wildman–Crippen LogP) is 6.74. The summed E-state index contributed by atoms with van der Waals surface area (Å²) in [5.41, 5.74) is 5.67. The van der Waals surface area contributed by atoms with E-state index in [9.17, 15) is 9.18 Å². The van der Waals surface area contributed by atoms with Gasteiger partial charge in [-0.1, -0.05) is 39.0 Å². The lowest BCUT2D eigenvalue weighted by molar-refractivity contribution is 0.112. The number of aromatic amines is 1. The number of rotatable bonds is 5. The summed E-state index contributed by atoms with van der Waals surface area (Å²) in [5.74, 6) is 0.262. The number of aromatic nitrogens is 4. The Kier molecular flexibility index (Phi) is 7.57. The summed E-state index contributed by atoms with van der Waals surface area (Å²) in [5, 5.41) is 7.01. The molecule has 2 aromatic carbocycles. The fraction of sp³-hybridized carbons (Fsp3) is 0.172. The van der Waals surface area contributed by atoms with Crippen molar-refractivity contribution in [3.8, 4) is 11.3 Å². The number of benzene rings is 2. The highest BCUT2D eigenvalue weighted by atomic mass is 19.1. The number of pyridine rings is 1. The first-order valence-electron chi connectivity index (χ1n) is 11.8. The van der Waals surface area contributed by atoms with Gasteiger partial charge in [0.05, 0.1) is 5.69 Å². The van der Waals surface area contributed by atoms with Gasteiger partial charge in [-0.05, 0) is 53.4 Å². The van der Waals surface area contributed by atoms with E-state index in [-0.39, 0.29) is 11.2 Å². The van der Waals surface area contributed by atoms with Crippen molar-refractivity contribution in [1.29, 1.82) is 0 Å². The van der Waals surface area contributed by atoms with Crippen molar-refractivity contribution in [2.75, 3.05) is 17.7 Å². The third kappa shape index (κ3) is 6.16. The summed E-state index contributed by atoms with van der Waals surface area (Å²) in [6.45, 7) is 6.41. The summed E-state index contributed by atoms with van der Waals surface area (Å²) in [6.07, 6.45) is 5.89. The molecule has 0 unspecified atom stereocenters. The molecule has 0 saturated heterocycles. The van der Waals surface area contributed by atoms with Gasteiger partial charge in [0, 0.05) is 47.3 Å². The highest BCUT2D eigenvalue weighted by Gasteiger charge is 2.14. The summed E-state index contributed by atoms with van der Waals surface area (Å²) < 4.78 is 13.8. The van der Waals surface area contributed by atoms with Crippen LogP contribution in [0.5, 0.6) is 0 Å². The van der Waals surface area contributed by atoms with E-state index in [1.54, 1.807) is 13.2 Å². The van der Waals surface area contributed by atoms with E-state index in [1.165, 1.54) is 24.0 Å². The van der Waals surface area contributed by atoms with Gasteiger partial charge < -0.3 is 15.6 Å². The van der Waals surface area contributed by atoms with Gasteiger partial charge in [-0.25, -0.2) is 19.3 Å². The van der Waals surface area contributed by atoms with Crippen LogP contribution in [0.25, 0.3) is 22.3 Å². The lowest BCUT2D eigenvalue weighted by Crippen LogP contribution is -2.10. The van der Waals surface area contributed by atoms with E-state index in [1.807, 2.05) is 54.7 Å². The number of H-pyrrole nitrogens is 1. The minimum absolute atomic E-state index is 0.124. The zero-order chi connectivity index (χ0) is 26.4. The quantitative estimate of drug-likeness (QED) is 0.233. The van der Waals surface area contributed by atoms with E-state index < -0.39 is 0 Å². The number of halogens is 1. The normalized spacial score (nSPS) is 10.9. The molecular formula is C29H29FN6O. The number of hydrogen-bond acceptors (Lipinski definition) is 6. The zero-order valence-corrected chi connectivity index (χ0v) is 21.2. The molecule has 3 aromatic heterocycles. The lowest BCUT2D eigenvalue weighted by Gasteiger charge is -2.18. The van der Waals surface area contributed by atoms with Crippen molar-refractivity contribution >= 4 is 34.5 Å². The standard InChI is InChI=1S/C18H15FN6.C11H14O/c1-20-12-7-11(19)8-13(9-12)25-18-14(3-2-5-21-18)16-15-4-6-22-17(15)24-10-23-16;1-11(2,3)10-6-4-5-9(7-10)8-12/h2-10,20H,1H3,(H,21,25)(H,22,23,24);4-8H,1-3H3. The number of nitrogens with one attached hydrogen (secondary N) is 3. The van der Waals surface area contributed by atoms with Crippen LogP contribution in [-0.4, -0.2) is 33.3 Å². The van der Waals surface area contributed by atoms with Crippen LogP contribution in [0.2, 0.25) is 0 Å². The molecule has 8 heteroatoms. The number of fused-ring (bicyclic) bond motifs is 1. The number of aldehydes is 1. The Morgan fingerprint density at radius 2 is 1.76 bits per heavy atom. The van der Waals surface area contributed by atoms with E-state index >= 15 is 0 Å². The third-order valence-corrected chi connectivity index (χ3v) is 5.75. The molecule has 0 saturated carbocycles. The van der Waals surface area contributed by atoms with Gasteiger partial charge >= 0.3 is 0 Å². The Labute approximate surface area is 215 Å². The first kappa shape index (κ1) is 25.5. The van der Waals surface area contributed by atoms with E-state index in [2.05, 4.69) is 51.3 Å². The van der Waals surface area contributed by atoms with Crippen LogP contribution < -0.4 is 10.6 Å². The molecule has 188 valence electrons. The first-order valence-corrected chi connectivity index (χ1v) is 11.8. The molecule has 0 aliphatic carbocycles. The number of carbonyl (C=O) groups excluding carboxylic acids is 1. The Balaban J connectivity index is 0.000000225. The fourth-order valence-corrected chi connectivity index (χ4v) is 3.80. The topological polar surface area (TPSA) is 95.6 Å². The third-order valence-electron chi connectivity index (χ3n) is 5.75. The molecule has 0 atom stereocenters. The van der Waals surface area contributed by atoms with Crippen molar-refractivity contribution in [2.24, 2.45) is 0 Å². The second-order valence-corrected chi connectivity index (χ2v) is 9.46. The smallest absolute Gasteiger partial charge is 0.150 e. The maximum absolute atomic E-state index is 13.8. The average Bonchev–Trinajstić information content (AvgIpc) is 3.38. The van der Waals surface area contributed by atoms with Crippen LogP contribution >= 0.6 is 0 Å². The van der Waals surface area contributed by atoms with Gasteiger partial charge in [0.15, 0.2) is 0 Å². The number of nitrogens with zero attached hydrogens (tertiary/aromatic N) is 3. The van der Waals surface area contributed by atoms with Crippen molar-refractivity contribution in [3.63, 3.8) is 0 Å². The molecule has 37 heavy (non-hydrogen) atoms. The molecule has 0 aliphatic heterocycles. The van der Waals surface area contributed by atoms with Crippen LogP contribution in [0.3, 0.4) is 0 Å². The molecule has 0 fully saturated rings. The van der Waals surface area contributed by atoms with Crippen LogP contribution in [0, 0.1) is 5.82 Å². The van der Waals surface area contributed by atoms with Crippen molar-refractivity contribution < 1.29 is 9.18 Å². The van der Waals surface area contributed by atoms with E-state index in [0.717, 1.165) is 34.1 Å². The highest BCUT2D eigenvalue weighted by molar-refractivity contribution is 5.94. The van der Waals surface area contributed by atoms with Crippen LogP contribution in [0.15, 0.2) is 79.4 Å².